The first-order chi connectivity index (χ1) is 6.76. The lowest BCUT2D eigenvalue weighted by atomic mass is 10.1. The average Bonchev–Trinajstić information content (AvgIpc) is 2.40. The van der Waals surface area contributed by atoms with Crippen molar-refractivity contribution in [2.45, 2.75) is 58.0 Å². The maximum atomic E-state index is 3.79. The van der Waals surface area contributed by atoms with Gasteiger partial charge in [-0.3, -0.25) is 0 Å². The molecule has 1 unspecified atom stereocenters. The molecular weight excluding hydrogens is 172 g/mol. The molecule has 0 bridgehead atoms. The van der Waals surface area contributed by atoms with Crippen LogP contribution in [0.3, 0.4) is 0 Å². The number of likely N-dealkylation sites (tertiary alicyclic amines) is 1. The van der Waals surface area contributed by atoms with Gasteiger partial charge in [0.05, 0.1) is 0 Å². The SMILES string of the molecule is CCC(CC)NC1CCCN(C)CC1. The van der Waals surface area contributed by atoms with Gasteiger partial charge in [0.2, 0.25) is 0 Å². The Balaban J connectivity index is 2.29. The molecule has 1 rings (SSSR count). The van der Waals surface area contributed by atoms with Gasteiger partial charge in [0.1, 0.15) is 0 Å². The Morgan fingerprint density at radius 3 is 2.57 bits per heavy atom. The summed E-state index contributed by atoms with van der Waals surface area (Å²) in [5.41, 5.74) is 0. The summed E-state index contributed by atoms with van der Waals surface area (Å²) in [6.07, 6.45) is 6.58. The Labute approximate surface area is 89.1 Å². The number of rotatable bonds is 4. The van der Waals surface area contributed by atoms with Crippen LogP contribution >= 0.6 is 0 Å². The molecule has 1 N–H and O–H groups in total. The van der Waals surface area contributed by atoms with Gasteiger partial charge in [-0.15, -0.1) is 0 Å². The van der Waals surface area contributed by atoms with Gasteiger partial charge in [0, 0.05) is 12.1 Å². The van der Waals surface area contributed by atoms with Gasteiger partial charge in [-0.1, -0.05) is 13.8 Å². The molecule has 1 fully saturated rings. The molecule has 0 saturated carbocycles. The summed E-state index contributed by atoms with van der Waals surface area (Å²) in [6, 6.07) is 1.51. The average molecular weight is 198 g/mol. The first-order valence-electron chi connectivity index (χ1n) is 6.20. The van der Waals surface area contributed by atoms with Gasteiger partial charge in [0.25, 0.3) is 0 Å². The maximum absolute atomic E-state index is 3.79. The highest BCUT2D eigenvalue weighted by molar-refractivity contribution is 4.76. The Kier molecular flexibility index (Phi) is 5.49. The van der Waals surface area contributed by atoms with Crippen LogP contribution in [0.25, 0.3) is 0 Å². The molecule has 1 heterocycles. The largest absolute Gasteiger partial charge is 0.311 e. The van der Waals surface area contributed by atoms with Crippen LogP contribution in [0.2, 0.25) is 0 Å². The number of hydrogen-bond donors (Lipinski definition) is 1. The fraction of sp³-hybridized carbons (Fsp3) is 1.00. The van der Waals surface area contributed by atoms with Gasteiger partial charge >= 0.3 is 0 Å². The molecule has 2 nitrogen and oxygen atoms in total. The van der Waals surface area contributed by atoms with Gasteiger partial charge in [0.15, 0.2) is 0 Å². The Hall–Kier alpha value is -0.0800. The van der Waals surface area contributed by atoms with Crippen molar-refractivity contribution in [3.05, 3.63) is 0 Å². The van der Waals surface area contributed by atoms with E-state index in [9.17, 15) is 0 Å². The van der Waals surface area contributed by atoms with Crippen molar-refractivity contribution in [2.75, 3.05) is 20.1 Å². The van der Waals surface area contributed by atoms with Crippen LogP contribution in [0.1, 0.15) is 46.0 Å². The third-order valence-electron chi connectivity index (χ3n) is 3.41. The van der Waals surface area contributed by atoms with E-state index in [0.717, 1.165) is 12.1 Å². The molecule has 0 aromatic rings. The van der Waals surface area contributed by atoms with Crippen LogP contribution in [0, 0.1) is 0 Å². The third kappa shape index (κ3) is 3.97. The fourth-order valence-electron chi connectivity index (χ4n) is 2.26. The van der Waals surface area contributed by atoms with E-state index in [4.69, 9.17) is 0 Å². The van der Waals surface area contributed by atoms with Crippen LogP contribution in [0.5, 0.6) is 0 Å². The summed E-state index contributed by atoms with van der Waals surface area (Å²) in [5, 5.41) is 3.79. The van der Waals surface area contributed by atoms with Crippen molar-refractivity contribution in [2.24, 2.45) is 0 Å². The zero-order valence-corrected chi connectivity index (χ0v) is 10.1. The second-order valence-electron chi connectivity index (χ2n) is 4.61. The zero-order valence-electron chi connectivity index (χ0n) is 10.1. The minimum atomic E-state index is 0.739. The smallest absolute Gasteiger partial charge is 0.00822 e. The summed E-state index contributed by atoms with van der Waals surface area (Å²) < 4.78 is 0. The molecule has 0 aliphatic carbocycles. The van der Waals surface area contributed by atoms with E-state index in [-0.39, 0.29) is 0 Å². The van der Waals surface area contributed by atoms with Crippen LogP contribution < -0.4 is 5.32 Å². The normalized spacial score (nSPS) is 25.3. The molecule has 84 valence electrons. The topological polar surface area (TPSA) is 15.3 Å². The minimum Gasteiger partial charge on any atom is -0.311 e. The second-order valence-corrected chi connectivity index (χ2v) is 4.61. The molecule has 1 aliphatic heterocycles. The lowest BCUT2D eigenvalue weighted by molar-refractivity contribution is 0.335. The van der Waals surface area contributed by atoms with Crippen molar-refractivity contribution in [3.8, 4) is 0 Å². The molecule has 1 saturated heterocycles. The van der Waals surface area contributed by atoms with Crippen molar-refractivity contribution >= 4 is 0 Å². The quantitative estimate of drug-likeness (QED) is 0.745. The Bertz CT molecular complexity index is 143. The highest BCUT2D eigenvalue weighted by Gasteiger charge is 2.16. The minimum absolute atomic E-state index is 0.739. The number of nitrogens with zero attached hydrogens (tertiary/aromatic N) is 1. The third-order valence-corrected chi connectivity index (χ3v) is 3.41. The Morgan fingerprint density at radius 2 is 1.93 bits per heavy atom. The van der Waals surface area contributed by atoms with Crippen molar-refractivity contribution in [1.29, 1.82) is 0 Å². The van der Waals surface area contributed by atoms with Crippen LogP contribution in [0.15, 0.2) is 0 Å². The standard InChI is InChI=1S/C12H26N2/c1-4-11(5-2)13-12-7-6-9-14(3)10-8-12/h11-13H,4-10H2,1-3H3. The predicted octanol–water partition coefficient (Wildman–Crippen LogP) is 2.25. The molecule has 0 aromatic carbocycles. The van der Waals surface area contributed by atoms with E-state index in [2.05, 4.69) is 31.1 Å². The van der Waals surface area contributed by atoms with Crippen LogP contribution in [0.4, 0.5) is 0 Å². The highest BCUT2D eigenvalue weighted by Crippen LogP contribution is 2.11. The Morgan fingerprint density at radius 1 is 1.21 bits per heavy atom. The van der Waals surface area contributed by atoms with Crippen molar-refractivity contribution in [3.63, 3.8) is 0 Å². The van der Waals surface area contributed by atoms with Crippen molar-refractivity contribution in [1.82, 2.24) is 10.2 Å². The van der Waals surface area contributed by atoms with Crippen molar-refractivity contribution < 1.29 is 0 Å². The molecular formula is C12H26N2. The first-order valence-corrected chi connectivity index (χ1v) is 6.20. The summed E-state index contributed by atoms with van der Waals surface area (Å²) in [7, 11) is 2.24. The molecule has 1 aliphatic rings. The van der Waals surface area contributed by atoms with E-state index in [1.165, 1.54) is 45.2 Å². The van der Waals surface area contributed by atoms with E-state index in [1.807, 2.05) is 0 Å². The molecule has 14 heavy (non-hydrogen) atoms. The lowest BCUT2D eigenvalue weighted by Crippen LogP contribution is -2.38. The van der Waals surface area contributed by atoms with Gasteiger partial charge in [-0.05, 0) is 52.2 Å². The molecule has 0 aromatic heterocycles. The maximum Gasteiger partial charge on any atom is 0.00822 e. The van der Waals surface area contributed by atoms with Crippen LogP contribution in [-0.2, 0) is 0 Å². The number of nitrogens with one attached hydrogen (secondary N) is 1. The van der Waals surface area contributed by atoms with Gasteiger partial charge in [-0.2, -0.15) is 0 Å². The van der Waals surface area contributed by atoms with Gasteiger partial charge < -0.3 is 10.2 Å². The fourth-order valence-corrected chi connectivity index (χ4v) is 2.26. The first kappa shape index (κ1) is 12.0. The van der Waals surface area contributed by atoms with E-state index < -0.39 is 0 Å². The van der Waals surface area contributed by atoms with Gasteiger partial charge in [-0.25, -0.2) is 0 Å². The molecule has 2 heteroatoms. The summed E-state index contributed by atoms with van der Waals surface area (Å²) in [6.45, 7) is 7.10. The zero-order chi connectivity index (χ0) is 10.4. The highest BCUT2D eigenvalue weighted by atomic mass is 15.1. The molecule has 0 radical (unpaired) electrons. The lowest BCUT2D eigenvalue weighted by Gasteiger charge is -2.23. The summed E-state index contributed by atoms with van der Waals surface area (Å²) in [5.74, 6) is 0. The summed E-state index contributed by atoms with van der Waals surface area (Å²) in [4.78, 5) is 2.45. The van der Waals surface area contributed by atoms with E-state index in [0.29, 0.717) is 0 Å². The monoisotopic (exact) mass is 198 g/mol. The van der Waals surface area contributed by atoms with Crippen LogP contribution in [-0.4, -0.2) is 37.1 Å². The molecule has 0 amide bonds. The molecule has 0 spiro atoms. The summed E-state index contributed by atoms with van der Waals surface area (Å²) >= 11 is 0. The number of hydrogen-bond acceptors (Lipinski definition) is 2. The van der Waals surface area contributed by atoms with E-state index >= 15 is 0 Å². The second kappa shape index (κ2) is 6.41. The predicted molar refractivity (Wildman–Crippen MR) is 62.6 cm³/mol. The van der Waals surface area contributed by atoms with E-state index in [1.54, 1.807) is 0 Å². The molecule has 1 atom stereocenters.